The van der Waals surface area contributed by atoms with Gasteiger partial charge >= 0.3 is 0 Å². The van der Waals surface area contributed by atoms with E-state index in [-0.39, 0.29) is 0 Å². The van der Waals surface area contributed by atoms with Gasteiger partial charge in [-0.25, -0.2) is 0 Å². The Kier molecular flexibility index (Phi) is 4.54. The van der Waals surface area contributed by atoms with Gasteiger partial charge in [-0.3, -0.25) is 4.68 Å². The molecule has 0 spiro atoms. The van der Waals surface area contributed by atoms with E-state index < -0.39 is 5.60 Å². The van der Waals surface area contributed by atoms with Gasteiger partial charge in [0.25, 0.3) is 0 Å². The van der Waals surface area contributed by atoms with Crippen LogP contribution in [0.5, 0.6) is 0 Å². The fourth-order valence-electron chi connectivity index (χ4n) is 2.77. The van der Waals surface area contributed by atoms with E-state index >= 15 is 0 Å². The normalized spacial score (nSPS) is 28.0. The molecule has 108 valence electrons. The van der Waals surface area contributed by atoms with Gasteiger partial charge in [-0.2, -0.15) is 5.10 Å². The van der Waals surface area contributed by atoms with Crippen molar-refractivity contribution in [1.82, 2.24) is 14.7 Å². The average Bonchev–Trinajstić information content (AvgIpc) is 2.73. The number of hydrogen-bond donors (Lipinski definition) is 1. The number of aromatic nitrogens is 2. The molecule has 1 heterocycles. The monoisotopic (exact) mass is 285 g/mol. The minimum Gasteiger partial charge on any atom is -0.384 e. The molecule has 1 aliphatic rings. The molecule has 1 saturated carbocycles. The minimum absolute atomic E-state index is 0.593. The van der Waals surface area contributed by atoms with Crippen molar-refractivity contribution in [3.63, 3.8) is 0 Å². The first-order valence-electron chi connectivity index (χ1n) is 7.01. The van der Waals surface area contributed by atoms with Gasteiger partial charge in [0.1, 0.15) is 5.60 Å². The van der Waals surface area contributed by atoms with E-state index in [1.54, 1.807) is 6.20 Å². The fraction of sp³-hybridized carbons (Fsp3) is 0.786. The summed E-state index contributed by atoms with van der Waals surface area (Å²) in [5, 5.41) is 15.8. The second-order valence-corrected chi connectivity index (χ2v) is 6.49. The van der Waals surface area contributed by atoms with Crippen LogP contribution in [0.4, 0.5) is 0 Å². The Morgan fingerprint density at radius 1 is 1.47 bits per heavy atom. The van der Waals surface area contributed by atoms with Crippen LogP contribution in [-0.2, 0) is 12.1 Å². The highest BCUT2D eigenvalue weighted by atomic mass is 35.5. The molecule has 0 radical (unpaired) electrons. The van der Waals surface area contributed by atoms with Crippen LogP contribution in [0.2, 0.25) is 5.02 Å². The highest BCUT2D eigenvalue weighted by Gasteiger charge is 2.38. The maximum absolute atomic E-state index is 10.9. The van der Waals surface area contributed by atoms with Crippen molar-refractivity contribution in [2.75, 3.05) is 20.6 Å². The number of nitrogens with zero attached hydrogens (tertiary/aromatic N) is 3. The van der Waals surface area contributed by atoms with Gasteiger partial charge in [-0.15, -0.1) is 0 Å². The summed E-state index contributed by atoms with van der Waals surface area (Å²) in [5.74, 6) is 0.692. The summed E-state index contributed by atoms with van der Waals surface area (Å²) >= 11 is 6.26. The Balaban J connectivity index is 2.20. The highest BCUT2D eigenvalue weighted by molar-refractivity contribution is 6.31. The van der Waals surface area contributed by atoms with Gasteiger partial charge < -0.3 is 10.0 Å². The molecule has 0 saturated heterocycles. The summed E-state index contributed by atoms with van der Waals surface area (Å²) < 4.78 is 1.87. The molecule has 1 aromatic heterocycles. The van der Waals surface area contributed by atoms with Crippen LogP contribution in [0.3, 0.4) is 0 Å². The smallest absolute Gasteiger partial charge is 0.108 e. The zero-order valence-electron chi connectivity index (χ0n) is 12.1. The molecule has 4 nitrogen and oxygen atoms in total. The van der Waals surface area contributed by atoms with Crippen LogP contribution in [0.1, 0.15) is 38.3 Å². The van der Waals surface area contributed by atoms with E-state index in [1.807, 2.05) is 18.8 Å². The standard InChI is InChI=1S/C14H24ClN3O/c1-11-4-6-14(19,7-5-11)13-12(15)10-16-18(13)9-8-17(2)3/h10-11,19H,4-9H2,1-3H3. The van der Waals surface area contributed by atoms with E-state index in [4.69, 9.17) is 11.6 Å². The van der Waals surface area contributed by atoms with E-state index in [2.05, 4.69) is 16.9 Å². The third kappa shape index (κ3) is 3.30. The van der Waals surface area contributed by atoms with Gasteiger partial charge in [-0.05, 0) is 45.7 Å². The molecule has 0 amide bonds. The van der Waals surface area contributed by atoms with E-state index in [0.29, 0.717) is 10.9 Å². The average molecular weight is 286 g/mol. The lowest BCUT2D eigenvalue weighted by atomic mass is 9.78. The third-order valence-corrected chi connectivity index (χ3v) is 4.37. The van der Waals surface area contributed by atoms with Crippen LogP contribution < -0.4 is 0 Å². The molecule has 2 rings (SSSR count). The van der Waals surface area contributed by atoms with Gasteiger partial charge in [0.2, 0.25) is 0 Å². The predicted octanol–water partition coefficient (Wildman–Crippen LogP) is 2.50. The summed E-state index contributed by atoms with van der Waals surface area (Å²) in [6.45, 7) is 3.88. The van der Waals surface area contributed by atoms with Crippen molar-refractivity contribution >= 4 is 11.6 Å². The van der Waals surface area contributed by atoms with Crippen LogP contribution in [-0.4, -0.2) is 40.4 Å². The summed E-state index contributed by atoms with van der Waals surface area (Å²) in [7, 11) is 4.06. The molecule has 5 heteroatoms. The first kappa shape index (κ1) is 14.8. The maximum atomic E-state index is 10.9. The Morgan fingerprint density at radius 2 is 2.11 bits per heavy atom. The molecular formula is C14H24ClN3O. The van der Waals surface area contributed by atoms with Crippen molar-refractivity contribution in [3.05, 3.63) is 16.9 Å². The van der Waals surface area contributed by atoms with Gasteiger partial charge in [-0.1, -0.05) is 18.5 Å². The summed E-state index contributed by atoms with van der Waals surface area (Å²) in [5.41, 5.74) is 0.00906. The van der Waals surface area contributed by atoms with Gasteiger partial charge in [0, 0.05) is 6.54 Å². The van der Waals surface area contributed by atoms with E-state index in [0.717, 1.165) is 44.5 Å². The topological polar surface area (TPSA) is 41.3 Å². The Morgan fingerprint density at radius 3 is 2.68 bits per heavy atom. The maximum Gasteiger partial charge on any atom is 0.108 e. The lowest BCUT2D eigenvalue weighted by Crippen LogP contribution is -2.34. The third-order valence-electron chi connectivity index (χ3n) is 4.10. The molecule has 0 aromatic carbocycles. The number of halogens is 1. The molecule has 1 aromatic rings. The van der Waals surface area contributed by atoms with Crippen molar-refractivity contribution < 1.29 is 5.11 Å². The molecule has 0 aliphatic heterocycles. The molecular weight excluding hydrogens is 262 g/mol. The lowest BCUT2D eigenvalue weighted by Gasteiger charge is -2.35. The Bertz CT molecular complexity index is 422. The molecule has 1 fully saturated rings. The summed E-state index contributed by atoms with van der Waals surface area (Å²) in [6.07, 6.45) is 5.31. The van der Waals surface area contributed by atoms with Crippen LogP contribution in [0, 0.1) is 5.92 Å². The SMILES string of the molecule is CC1CCC(O)(c2c(Cl)cnn2CCN(C)C)CC1. The van der Waals surface area contributed by atoms with Gasteiger partial charge in [0.05, 0.1) is 23.5 Å². The van der Waals surface area contributed by atoms with Crippen molar-refractivity contribution in [2.45, 2.75) is 44.8 Å². The lowest BCUT2D eigenvalue weighted by molar-refractivity contribution is -0.0198. The van der Waals surface area contributed by atoms with Crippen LogP contribution in [0.25, 0.3) is 0 Å². The summed E-state index contributed by atoms with van der Waals surface area (Å²) in [4.78, 5) is 2.10. The zero-order valence-corrected chi connectivity index (χ0v) is 12.8. The molecule has 0 atom stereocenters. The fourth-order valence-corrected chi connectivity index (χ4v) is 3.08. The summed E-state index contributed by atoms with van der Waals surface area (Å²) in [6, 6.07) is 0. The number of aliphatic hydroxyl groups is 1. The van der Waals surface area contributed by atoms with E-state index in [1.165, 1.54) is 0 Å². The zero-order chi connectivity index (χ0) is 14.0. The molecule has 0 bridgehead atoms. The van der Waals surface area contributed by atoms with Crippen molar-refractivity contribution in [1.29, 1.82) is 0 Å². The second-order valence-electron chi connectivity index (χ2n) is 6.08. The predicted molar refractivity (Wildman–Crippen MR) is 77.3 cm³/mol. The Labute approximate surface area is 120 Å². The second kappa shape index (κ2) is 5.81. The molecule has 1 aliphatic carbocycles. The number of hydrogen-bond acceptors (Lipinski definition) is 3. The number of rotatable bonds is 4. The van der Waals surface area contributed by atoms with Crippen molar-refractivity contribution in [3.8, 4) is 0 Å². The van der Waals surface area contributed by atoms with Crippen molar-refractivity contribution in [2.24, 2.45) is 5.92 Å². The molecule has 19 heavy (non-hydrogen) atoms. The van der Waals surface area contributed by atoms with Crippen LogP contribution in [0.15, 0.2) is 6.20 Å². The first-order chi connectivity index (χ1) is 8.92. The first-order valence-corrected chi connectivity index (χ1v) is 7.39. The largest absolute Gasteiger partial charge is 0.384 e. The minimum atomic E-state index is -0.799. The van der Waals surface area contributed by atoms with Gasteiger partial charge in [0.15, 0.2) is 0 Å². The molecule has 1 N–H and O–H groups in total. The quantitative estimate of drug-likeness (QED) is 0.924. The molecule has 0 unspecified atom stereocenters. The Hall–Kier alpha value is -0.580. The van der Waals surface area contributed by atoms with E-state index in [9.17, 15) is 5.11 Å². The number of likely N-dealkylation sites (N-methyl/N-ethyl adjacent to an activating group) is 1. The highest BCUT2D eigenvalue weighted by Crippen LogP contribution is 2.41. The van der Waals surface area contributed by atoms with Crippen LogP contribution >= 0.6 is 11.6 Å².